The van der Waals surface area contributed by atoms with E-state index in [9.17, 15) is 24.6 Å². The second kappa shape index (κ2) is 8.19. The molecule has 0 saturated carbocycles. The van der Waals surface area contributed by atoms with Crippen LogP contribution in [0.1, 0.15) is 23.2 Å². The Morgan fingerprint density at radius 3 is 1.57 bits per heavy atom. The predicted molar refractivity (Wildman–Crippen MR) is 103 cm³/mol. The smallest absolute Gasteiger partial charge is 0.316 e. The van der Waals surface area contributed by atoms with Crippen LogP contribution in [0.15, 0.2) is 73.3 Å². The van der Waals surface area contributed by atoms with Crippen molar-refractivity contribution in [3.63, 3.8) is 0 Å². The number of carboxylic acids is 2. The first-order valence-electron chi connectivity index (χ1n) is 8.93. The lowest BCUT2D eigenvalue weighted by atomic mass is 9.73. The van der Waals surface area contributed by atoms with Crippen molar-refractivity contribution in [3.8, 4) is 0 Å². The first-order valence-corrected chi connectivity index (χ1v) is 8.93. The fourth-order valence-corrected chi connectivity index (χ4v) is 4.02. The van der Waals surface area contributed by atoms with E-state index in [0.717, 1.165) is 0 Å². The van der Waals surface area contributed by atoms with Crippen LogP contribution in [0, 0.1) is 11.8 Å². The molecule has 0 bridgehead atoms. The summed E-state index contributed by atoms with van der Waals surface area (Å²) in [6.07, 6.45) is 1.60. The molecule has 1 fully saturated rings. The Morgan fingerprint density at radius 1 is 0.857 bits per heavy atom. The van der Waals surface area contributed by atoms with Gasteiger partial charge in [-0.15, -0.1) is 6.58 Å². The van der Waals surface area contributed by atoms with Gasteiger partial charge in [0.05, 0.1) is 12.1 Å². The van der Waals surface area contributed by atoms with E-state index in [4.69, 9.17) is 0 Å². The molecular weight excluding hydrogens is 358 g/mol. The largest absolute Gasteiger partial charge is 0.481 e. The molecule has 4 atom stereocenters. The summed E-state index contributed by atoms with van der Waals surface area (Å²) in [6, 6.07) is 16.1. The summed E-state index contributed by atoms with van der Waals surface area (Å²) >= 11 is 0. The zero-order valence-corrected chi connectivity index (χ0v) is 15.1. The summed E-state index contributed by atoms with van der Waals surface area (Å²) in [5.41, 5.74) is 1.30. The van der Waals surface area contributed by atoms with Gasteiger partial charge < -0.3 is 10.2 Å². The van der Waals surface area contributed by atoms with Gasteiger partial charge in [-0.05, 0) is 11.1 Å². The molecule has 0 amide bonds. The van der Waals surface area contributed by atoms with Crippen LogP contribution in [0.5, 0.6) is 0 Å². The molecular formula is C22H21NO5. The molecule has 6 heteroatoms. The van der Waals surface area contributed by atoms with E-state index >= 15 is 0 Å². The van der Waals surface area contributed by atoms with Crippen molar-refractivity contribution in [2.75, 3.05) is 6.54 Å². The molecule has 2 aromatic carbocycles. The first-order chi connectivity index (χ1) is 13.5. The van der Waals surface area contributed by atoms with Gasteiger partial charge in [-0.3, -0.25) is 19.3 Å². The van der Waals surface area contributed by atoms with E-state index in [0.29, 0.717) is 11.1 Å². The monoisotopic (exact) mass is 379 g/mol. The Morgan fingerprint density at radius 2 is 1.25 bits per heavy atom. The molecule has 28 heavy (non-hydrogen) atoms. The van der Waals surface area contributed by atoms with Gasteiger partial charge in [0.15, 0.2) is 5.78 Å². The molecule has 1 aliphatic heterocycles. The number of nitrogens with zero attached hydrogens (tertiary/aromatic N) is 1. The minimum absolute atomic E-state index is 0.236. The normalized spacial score (nSPS) is 25.2. The van der Waals surface area contributed by atoms with Crippen LogP contribution in [0.2, 0.25) is 0 Å². The quantitative estimate of drug-likeness (QED) is 0.592. The molecule has 1 heterocycles. The van der Waals surface area contributed by atoms with Crippen LogP contribution >= 0.6 is 0 Å². The Hall–Kier alpha value is -3.25. The lowest BCUT2D eigenvalue weighted by molar-refractivity contribution is -0.164. The molecule has 2 N–H and O–H groups in total. The highest BCUT2D eigenvalue weighted by atomic mass is 16.4. The fourth-order valence-electron chi connectivity index (χ4n) is 4.02. The van der Waals surface area contributed by atoms with Gasteiger partial charge in [0, 0.05) is 6.54 Å². The van der Waals surface area contributed by atoms with Crippen LogP contribution in [0.3, 0.4) is 0 Å². The van der Waals surface area contributed by atoms with Gasteiger partial charge in [0.25, 0.3) is 0 Å². The maximum absolute atomic E-state index is 13.1. The second-order valence-corrected chi connectivity index (χ2v) is 6.73. The number of hydrogen-bond acceptors (Lipinski definition) is 4. The van der Waals surface area contributed by atoms with Gasteiger partial charge in [0.2, 0.25) is 0 Å². The van der Waals surface area contributed by atoms with Crippen LogP contribution < -0.4 is 0 Å². The molecule has 1 saturated heterocycles. The minimum atomic E-state index is -1.48. The van der Waals surface area contributed by atoms with Gasteiger partial charge in [0.1, 0.15) is 11.8 Å². The van der Waals surface area contributed by atoms with Crippen molar-refractivity contribution in [3.05, 3.63) is 84.4 Å². The third-order valence-electron chi connectivity index (χ3n) is 5.11. The Bertz CT molecular complexity index is 813. The van der Waals surface area contributed by atoms with Crippen molar-refractivity contribution in [1.29, 1.82) is 0 Å². The average molecular weight is 379 g/mol. The zero-order valence-electron chi connectivity index (χ0n) is 15.1. The molecule has 3 rings (SSSR count). The highest BCUT2D eigenvalue weighted by Gasteiger charge is 2.54. The van der Waals surface area contributed by atoms with Crippen molar-refractivity contribution in [2.24, 2.45) is 11.8 Å². The van der Waals surface area contributed by atoms with Crippen LogP contribution in [-0.2, 0) is 14.4 Å². The summed E-state index contributed by atoms with van der Waals surface area (Å²) in [5, 5.41) is 19.6. The Kier molecular flexibility index (Phi) is 5.70. The molecule has 0 radical (unpaired) electrons. The third kappa shape index (κ3) is 3.46. The van der Waals surface area contributed by atoms with Gasteiger partial charge in [-0.25, -0.2) is 0 Å². The summed E-state index contributed by atoms with van der Waals surface area (Å²) in [4.78, 5) is 39.0. The third-order valence-corrected chi connectivity index (χ3v) is 5.11. The van der Waals surface area contributed by atoms with Gasteiger partial charge in [-0.1, -0.05) is 66.7 Å². The number of hydrogen-bond donors (Lipinski definition) is 2. The highest BCUT2D eigenvalue weighted by molar-refractivity contribution is 6.09. The summed E-state index contributed by atoms with van der Waals surface area (Å²) in [7, 11) is 0. The van der Waals surface area contributed by atoms with Crippen LogP contribution in [0.4, 0.5) is 0 Å². The molecule has 2 aromatic rings. The zero-order chi connectivity index (χ0) is 20.3. The summed E-state index contributed by atoms with van der Waals surface area (Å²) < 4.78 is 0. The van der Waals surface area contributed by atoms with Gasteiger partial charge >= 0.3 is 11.9 Å². The molecule has 6 nitrogen and oxygen atoms in total. The molecule has 2 unspecified atom stereocenters. The maximum Gasteiger partial charge on any atom is 0.316 e. The average Bonchev–Trinajstić information content (AvgIpc) is 2.69. The van der Waals surface area contributed by atoms with Crippen LogP contribution in [0.25, 0.3) is 0 Å². The van der Waals surface area contributed by atoms with Gasteiger partial charge in [-0.2, -0.15) is 0 Å². The summed E-state index contributed by atoms with van der Waals surface area (Å²) in [5.74, 6) is -6.41. The number of carbonyl (C=O) groups is 3. The number of Topliss-reactive ketones (excluding diaryl/α,β-unsaturated/α-hetero) is 1. The number of rotatable bonds is 6. The number of carboxylic acid groups (broad SMARTS) is 2. The van der Waals surface area contributed by atoms with Crippen LogP contribution in [-0.4, -0.2) is 39.4 Å². The lowest BCUT2D eigenvalue weighted by Crippen LogP contribution is -2.55. The van der Waals surface area contributed by atoms with Crippen molar-refractivity contribution in [1.82, 2.24) is 4.90 Å². The van der Waals surface area contributed by atoms with Crippen molar-refractivity contribution >= 4 is 17.7 Å². The minimum Gasteiger partial charge on any atom is -0.481 e. The fraction of sp³-hybridized carbons (Fsp3) is 0.227. The molecule has 1 aliphatic rings. The lowest BCUT2D eigenvalue weighted by Gasteiger charge is -2.47. The number of likely N-dealkylation sites (tertiary alicyclic amines) is 1. The molecule has 0 spiro atoms. The van der Waals surface area contributed by atoms with E-state index in [2.05, 4.69) is 6.58 Å². The standard InChI is InChI=1S/C22H21NO5/c1-2-13-23-18(14-9-5-3-6-10-14)16(21(25)26)20(24)17(22(27)28)19(23)15-11-7-4-8-12-15/h2-12,16-19H,1,13H2,(H,25,26)(H,27,28)/t16?,17?,18-,19+. The van der Waals surface area contributed by atoms with Crippen molar-refractivity contribution < 1.29 is 24.6 Å². The van der Waals surface area contributed by atoms with E-state index in [1.165, 1.54) is 0 Å². The van der Waals surface area contributed by atoms with E-state index in [-0.39, 0.29) is 6.54 Å². The number of benzene rings is 2. The SMILES string of the molecule is C=CCN1[C@H](c2ccccc2)C(C(=O)O)C(=O)C(C(=O)O)[C@@H]1c1ccccc1. The van der Waals surface area contributed by atoms with E-state index in [1.54, 1.807) is 71.6 Å². The molecule has 0 aromatic heterocycles. The maximum atomic E-state index is 13.1. The highest BCUT2D eigenvalue weighted by Crippen LogP contribution is 2.46. The number of carbonyl (C=O) groups excluding carboxylic acids is 1. The molecule has 144 valence electrons. The second-order valence-electron chi connectivity index (χ2n) is 6.73. The number of aliphatic carboxylic acids is 2. The van der Waals surface area contributed by atoms with E-state index in [1.807, 2.05) is 0 Å². The Labute approximate surface area is 162 Å². The topological polar surface area (TPSA) is 94.9 Å². The number of ketones is 1. The summed E-state index contributed by atoms with van der Waals surface area (Å²) in [6.45, 7) is 3.98. The molecule has 0 aliphatic carbocycles. The van der Waals surface area contributed by atoms with E-state index < -0.39 is 41.6 Å². The first kappa shape index (κ1) is 19.5. The predicted octanol–water partition coefficient (Wildman–Crippen LogP) is 2.94. The van der Waals surface area contributed by atoms with Crippen molar-refractivity contribution in [2.45, 2.75) is 12.1 Å². The Balaban J connectivity index is 2.24. The number of piperidine rings is 1.